The lowest BCUT2D eigenvalue weighted by molar-refractivity contribution is -0.279. The summed E-state index contributed by atoms with van der Waals surface area (Å²) in [6.07, 6.45) is 1.10. The zero-order valence-electron chi connectivity index (χ0n) is 5.78. The Hall–Kier alpha value is -1.10. The monoisotopic (exact) mass is 160 g/mol. The Bertz CT molecular complexity index is 172. The molecule has 5 nitrogen and oxygen atoms in total. The molecule has 0 aromatic carbocycles. The van der Waals surface area contributed by atoms with E-state index in [1.165, 1.54) is 0 Å². The van der Waals surface area contributed by atoms with E-state index >= 15 is 0 Å². The summed E-state index contributed by atoms with van der Waals surface area (Å²) in [5.74, 6) is -2.07. The van der Waals surface area contributed by atoms with Crippen molar-refractivity contribution in [1.29, 1.82) is 0 Å². The van der Waals surface area contributed by atoms with Crippen molar-refractivity contribution >= 4 is 11.9 Å². The first-order valence-corrected chi connectivity index (χ1v) is 3.26. The van der Waals surface area contributed by atoms with E-state index in [0.717, 1.165) is 12.8 Å². The lowest BCUT2D eigenvalue weighted by Gasteiger charge is -1.98. The van der Waals surface area contributed by atoms with Gasteiger partial charge in [-0.05, 0) is 12.8 Å². The number of carboxylic acid groups (broad SMARTS) is 1. The zero-order chi connectivity index (χ0) is 8.27. The summed E-state index contributed by atoms with van der Waals surface area (Å²) >= 11 is 0. The molecule has 5 heteroatoms. The molecule has 1 aliphatic rings. The molecule has 0 spiro atoms. The number of hydrogen-bond donors (Lipinski definition) is 1. The molecule has 0 atom stereocenters. The second-order valence-electron chi connectivity index (χ2n) is 2.32. The third-order valence-corrected chi connectivity index (χ3v) is 1.10. The smallest absolute Gasteiger partial charge is 0.353 e. The van der Waals surface area contributed by atoms with Gasteiger partial charge in [-0.25, -0.2) is 4.79 Å². The molecule has 0 amide bonds. The van der Waals surface area contributed by atoms with Gasteiger partial charge in [-0.1, -0.05) is 0 Å². The molecule has 11 heavy (non-hydrogen) atoms. The number of carbonyl (C=O) groups is 2. The van der Waals surface area contributed by atoms with E-state index in [1.54, 1.807) is 0 Å². The van der Waals surface area contributed by atoms with Crippen LogP contribution in [0.2, 0.25) is 0 Å². The van der Waals surface area contributed by atoms with E-state index in [0.29, 0.717) is 0 Å². The van der Waals surface area contributed by atoms with Crippen molar-refractivity contribution in [2.24, 2.45) is 0 Å². The van der Waals surface area contributed by atoms with Crippen LogP contribution in [0.1, 0.15) is 19.3 Å². The number of hydrogen-bond acceptors (Lipinski definition) is 4. The van der Waals surface area contributed by atoms with Crippen molar-refractivity contribution < 1.29 is 24.5 Å². The number of carbonyl (C=O) groups excluding carboxylic acids is 1. The van der Waals surface area contributed by atoms with Gasteiger partial charge >= 0.3 is 11.9 Å². The Morgan fingerprint density at radius 3 is 2.55 bits per heavy atom. The van der Waals surface area contributed by atoms with E-state index in [2.05, 4.69) is 9.78 Å². The molecule has 0 aromatic heterocycles. The highest BCUT2D eigenvalue weighted by atomic mass is 17.2. The molecule has 1 fully saturated rings. The van der Waals surface area contributed by atoms with Crippen LogP contribution >= 0.6 is 0 Å². The van der Waals surface area contributed by atoms with Crippen molar-refractivity contribution in [3.8, 4) is 0 Å². The summed E-state index contributed by atoms with van der Waals surface area (Å²) in [5.41, 5.74) is 0. The topological polar surface area (TPSA) is 72.8 Å². The summed E-state index contributed by atoms with van der Waals surface area (Å²) in [5, 5.41) is 8.11. The zero-order valence-corrected chi connectivity index (χ0v) is 5.78. The van der Waals surface area contributed by atoms with Gasteiger partial charge in [-0.3, -0.25) is 9.68 Å². The van der Waals surface area contributed by atoms with E-state index in [-0.39, 0.29) is 6.10 Å². The Kier molecular flexibility index (Phi) is 2.43. The summed E-state index contributed by atoms with van der Waals surface area (Å²) in [6, 6.07) is 0. The lowest BCUT2D eigenvalue weighted by Crippen LogP contribution is -2.11. The number of carboxylic acids is 1. The van der Waals surface area contributed by atoms with Gasteiger partial charge in [0.1, 0.15) is 12.5 Å². The molecule has 0 saturated heterocycles. The van der Waals surface area contributed by atoms with Gasteiger partial charge in [0.15, 0.2) is 0 Å². The molecule has 1 N–H and O–H groups in total. The van der Waals surface area contributed by atoms with Crippen LogP contribution in [-0.4, -0.2) is 23.1 Å². The second kappa shape index (κ2) is 3.34. The fourth-order valence-corrected chi connectivity index (χ4v) is 0.439. The highest BCUT2D eigenvalue weighted by Gasteiger charge is 2.25. The quantitative estimate of drug-likeness (QED) is 0.358. The Morgan fingerprint density at radius 2 is 2.09 bits per heavy atom. The first-order valence-electron chi connectivity index (χ1n) is 3.26. The fourth-order valence-electron chi connectivity index (χ4n) is 0.439. The highest BCUT2D eigenvalue weighted by Crippen LogP contribution is 2.23. The summed E-state index contributed by atoms with van der Waals surface area (Å²) in [7, 11) is 0. The van der Waals surface area contributed by atoms with E-state index in [9.17, 15) is 9.59 Å². The normalized spacial score (nSPS) is 16.0. The van der Waals surface area contributed by atoms with Crippen LogP contribution in [0.3, 0.4) is 0 Å². The van der Waals surface area contributed by atoms with Crippen LogP contribution in [0.4, 0.5) is 0 Å². The third kappa shape index (κ3) is 3.57. The number of rotatable bonds is 4. The molecular weight excluding hydrogens is 152 g/mol. The van der Waals surface area contributed by atoms with Gasteiger partial charge in [0.2, 0.25) is 0 Å². The number of aliphatic carboxylic acids is 1. The predicted molar refractivity (Wildman–Crippen MR) is 32.5 cm³/mol. The minimum absolute atomic E-state index is 0.00672. The molecule has 0 unspecified atom stereocenters. The van der Waals surface area contributed by atoms with Crippen LogP contribution in [0.25, 0.3) is 0 Å². The Labute approximate surface area is 62.8 Å². The molecule has 1 aliphatic carbocycles. The SMILES string of the molecule is O=C(O)CC(=O)OOC1CC1. The molecule has 0 aromatic rings. The minimum atomic E-state index is -1.21. The van der Waals surface area contributed by atoms with Crippen LogP contribution in [0.5, 0.6) is 0 Å². The summed E-state index contributed by atoms with van der Waals surface area (Å²) < 4.78 is 0. The van der Waals surface area contributed by atoms with Crippen molar-refractivity contribution in [3.63, 3.8) is 0 Å². The van der Waals surface area contributed by atoms with Crippen molar-refractivity contribution in [1.82, 2.24) is 0 Å². The van der Waals surface area contributed by atoms with Gasteiger partial charge in [0.05, 0.1) is 0 Å². The van der Waals surface area contributed by atoms with Gasteiger partial charge in [0, 0.05) is 0 Å². The third-order valence-electron chi connectivity index (χ3n) is 1.10. The molecular formula is C6H8O5. The van der Waals surface area contributed by atoms with E-state index in [4.69, 9.17) is 5.11 Å². The molecule has 0 bridgehead atoms. The summed E-state index contributed by atoms with van der Waals surface area (Å²) in [4.78, 5) is 29.0. The molecule has 0 heterocycles. The average Bonchev–Trinajstić information content (AvgIpc) is 2.63. The predicted octanol–water partition coefficient (Wildman–Crippen LogP) is 0.0983. The van der Waals surface area contributed by atoms with Gasteiger partial charge in [0.25, 0.3) is 0 Å². The largest absolute Gasteiger partial charge is 0.481 e. The maximum absolute atomic E-state index is 10.5. The molecule has 1 rings (SSSR count). The molecule has 62 valence electrons. The molecule has 1 saturated carbocycles. The maximum Gasteiger partial charge on any atom is 0.353 e. The van der Waals surface area contributed by atoms with Crippen LogP contribution in [0.15, 0.2) is 0 Å². The highest BCUT2D eigenvalue weighted by molar-refractivity contribution is 5.89. The van der Waals surface area contributed by atoms with Crippen LogP contribution in [-0.2, 0) is 19.4 Å². The van der Waals surface area contributed by atoms with Gasteiger partial charge < -0.3 is 5.11 Å². The van der Waals surface area contributed by atoms with E-state index < -0.39 is 18.4 Å². The fraction of sp³-hybridized carbons (Fsp3) is 0.667. The van der Waals surface area contributed by atoms with Gasteiger partial charge in [-0.15, -0.1) is 0 Å². The average molecular weight is 160 g/mol. The Morgan fingerprint density at radius 1 is 1.45 bits per heavy atom. The van der Waals surface area contributed by atoms with Crippen molar-refractivity contribution in [2.75, 3.05) is 0 Å². The standard InChI is InChI=1S/C6H8O5/c7-5(8)3-6(9)11-10-4-1-2-4/h4H,1-3H2,(H,7,8). The van der Waals surface area contributed by atoms with E-state index in [1.807, 2.05) is 0 Å². The Balaban J connectivity index is 2.04. The van der Waals surface area contributed by atoms with Crippen molar-refractivity contribution in [3.05, 3.63) is 0 Å². The van der Waals surface area contributed by atoms with Crippen molar-refractivity contribution in [2.45, 2.75) is 25.4 Å². The van der Waals surface area contributed by atoms with Crippen LogP contribution in [0, 0.1) is 0 Å². The van der Waals surface area contributed by atoms with Crippen LogP contribution < -0.4 is 0 Å². The molecule has 0 aliphatic heterocycles. The maximum atomic E-state index is 10.5. The minimum Gasteiger partial charge on any atom is -0.481 e. The first-order chi connectivity index (χ1) is 5.18. The lowest BCUT2D eigenvalue weighted by atomic mass is 10.5. The first kappa shape index (κ1) is 8.00. The second-order valence-corrected chi connectivity index (χ2v) is 2.32. The summed E-state index contributed by atoms with van der Waals surface area (Å²) in [6.45, 7) is 0. The van der Waals surface area contributed by atoms with Gasteiger partial charge in [-0.2, -0.15) is 4.89 Å². The molecule has 0 radical (unpaired) electrons.